The van der Waals surface area contributed by atoms with Crippen LogP contribution in [-0.2, 0) is 17.7 Å². The van der Waals surface area contributed by atoms with Crippen molar-refractivity contribution in [2.75, 3.05) is 26.7 Å². The SMILES string of the molecule is C[Si](C)(CCCOCF)O[SiH2]CCCCC[SiH2]O[Si](C)(C)CCCOCCC(F)(F)F. The van der Waals surface area contributed by atoms with Gasteiger partial charge < -0.3 is 17.7 Å². The normalized spacial score (nSPS) is 13.9. The molecule has 0 unspecified atom stereocenters. The van der Waals surface area contributed by atoms with Crippen molar-refractivity contribution in [2.24, 2.45) is 0 Å². The highest BCUT2D eigenvalue weighted by Gasteiger charge is 2.26. The van der Waals surface area contributed by atoms with E-state index in [1.54, 1.807) is 0 Å². The summed E-state index contributed by atoms with van der Waals surface area (Å²) in [4.78, 5) is 0. The van der Waals surface area contributed by atoms with Crippen molar-refractivity contribution in [1.82, 2.24) is 0 Å². The van der Waals surface area contributed by atoms with E-state index < -0.39 is 55.6 Å². The fourth-order valence-electron chi connectivity index (χ4n) is 3.12. The summed E-state index contributed by atoms with van der Waals surface area (Å²) in [5, 5.41) is 0. The third-order valence-electron chi connectivity index (χ3n) is 5.02. The van der Waals surface area contributed by atoms with E-state index in [9.17, 15) is 17.6 Å². The summed E-state index contributed by atoms with van der Waals surface area (Å²) in [5.74, 6) is 0. The number of hydrogen-bond donors (Lipinski definition) is 0. The van der Waals surface area contributed by atoms with Crippen LogP contribution in [0, 0.1) is 0 Å². The first-order valence-electron chi connectivity index (χ1n) is 11.5. The Balaban J connectivity index is 3.54. The molecular weight excluding hydrogens is 481 g/mol. The lowest BCUT2D eigenvalue weighted by molar-refractivity contribution is -0.145. The molecule has 0 spiro atoms. The van der Waals surface area contributed by atoms with Crippen molar-refractivity contribution >= 4 is 36.2 Å². The smallest absolute Gasteiger partial charge is 0.391 e. The highest BCUT2D eigenvalue weighted by atomic mass is 28.4. The molecule has 0 aromatic rings. The van der Waals surface area contributed by atoms with Gasteiger partial charge in [-0.2, -0.15) is 13.2 Å². The summed E-state index contributed by atoms with van der Waals surface area (Å²) in [6.07, 6.45) is 0.324. The molecule has 0 aliphatic heterocycles. The zero-order chi connectivity index (χ0) is 23.6. The van der Waals surface area contributed by atoms with Gasteiger partial charge in [0.15, 0.2) is 23.5 Å². The minimum absolute atomic E-state index is 0.246. The second-order valence-electron chi connectivity index (χ2n) is 9.19. The standard InChI is InChI=1S/C19H44F4O4Si4/c1-30(2,16-8-11-24-13-10-19(21,22)23)26-28-14-6-5-7-15-29-27-31(3,4)17-9-12-25-18-20/h5-18,28-29H2,1-4H3. The van der Waals surface area contributed by atoms with Crippen molar-refractivity contribution in [1.29, 1.82) is 0 Å². The van der Waals surface area contributed by atoms with Gasteiger partial charge in [-0.25, -0.2) is 4.39 Å². The monoisotopic (exact) mass is 524 g/mol. The first-order chi connectivity index (χ1) is 14.5. The largest absolute Gasteiger partial charge is 0.460 e. The fraction of sp³-hybridized carbons (Fsp3) is 1.00. The van der Waals surface area contributed by atoms with E-state index in [2.05, 4.69) is 26.2 Å². The quantitative estimate of drug-likeness (QED) is 0.116. The molecule has 0 saturated heterocycles. The maximum absolute atomic E-state index is 12.0. The van der Waals surface area contributed by atoms with Crippen LogP contribution in [0.3, 0.4) is 0 Å². The molecule has 4 nitrogen and oxygen atoms in total. The van der Waals surface area contributed by atoms with Crippen molar-refractivity contribution in [2.45, 2.75) is 95.1 Å². The van der Waals surface area contributed by atoms with Crippen molar-refractivity contribution in [3.63, 3.8) is 0 Å². The highest BCUT2D eigenvalue weighted by molar-refractivity contribution is 6.75. The number of rotatable bonds is 21. The van der Waals surface area contributed by atoms with Gasteiger partial charge in [-0.3, -0.25) is 0 Å². The van der Waals surface area contributed by atoms with Gasteiger partial charge in [0.25, 0.3) is 0 Å². The minimum atomic E-state index is -4.14. The lowest BCUT2D eigenvalue weighted by Gasteiger charge is -2.23. The molecule has 0 bridgehead atoms. The zero-order valence-electron chi connectivity index (χ0n) is 20.0. The fourth-order valence-corrected chi connectivity index (χ4v) is 13.0. The van der Waals surface area contributed by atoms with Gasteiger partial charge >= 0.3 is 6.18 Å². The zero-order valence-corrected chi connectivity index (χ0v) is 24.8. The molecule has 0 aromatic carbocycles. The van der Waals surface area contributed by atoms with E-state index in [1.807, 2.05) is 0 Å². The Hall–Kier alpha value is 0.428. The molecule has 0 radical (unpaired) electrons. The van der Waals surface area contributed by atoms with Gasteiger partial charge in [0, 0.05) is 13.2 Å². The summed E-state index contributed by atoms with van der Waals surface area (Å²) in [7, 11) is -4.26. The number of ether oxygens (including phenoxy) is 2. The Morgan fingerprint density at radius 2 is 1.16 bits per heavy atom. The summed E-state index contributed by atoms with van der Waals surface area (Å²) >= 11 is 0. The summed E-state index contributed by atoms with van der Waals surface area (Å²) < 4.78 is 70.3. The second kappa shape index (κ2) is 17.8. The molecule has 0 rings (SSSR count). The molecule has 0 atom stereocenters. The van der Waals surface area contributed by atoms with Gasteiger partial charge in [-0.15, -0.1) is 0 Å². The van der Waals surface area contributed by atoms with Crippen LogP contribution in [0.25, 0.3) is 0 Å². The van der Waals surface area contributed by atoms with E-state index in [0.29, 0.717) is 13.2 Å². The predicted molar refractivity (Wildman–Crippen MR) is 130 cm³/mol. The van der Waals surface area contributed by atoms with Gasteiger partial charge in [0.2, 0.25) is 0 Å². The summed E-state index contributed by atoms with van der Waals surface area (Å²) in [5.41, 5.74) is 0. The van der Waals surface area contributed by atoms with Crippen molar-refractivity contribution < 1.29 is 35.3 Å². The third kappa shape index (κ3) is 23.4. The van der Waals surface area contributed by atoms with E-state index in [4.69, 9.17) is 17.7 Å². The van der Waals surface area contributed by atoms with E-state index in [1.165, 1.54) is 31.4 Å². The molecule has 31 heavy (non-hydrogen) atoms. The number of alkyl halides is 4. The lowest BCUT2D eigenvalue weighted by Crippen LogP contribution is -2.32. The van der Waals surface area contributed by atoms with E-state index in [-0.39, 0.29) is 6.61 Å². The predicted octanol–water partition coefficient (Wildman–Crippen LogP) is 5.30. The topological polar surface area (TPSA) is 36.9 Å². The Kier molecular flexibility index (Phi) is 18.1. The van der Waals surface area contributed by atoms with Gasteiger partial charge in [-0.1, -0.05) is 19.3 Å². The lowest BCUT2D eigenvalue weighted by atomic mass is 10.3. The molecule has 0 aliphatic carbocycles. The average molecular weight is 525 g/mol. The first kappa shape index (κ1) is 31.4. The van der Waals surface area contributed by atoms with Crippen molar-refractivity contribution in [3.05, 3.63) is 0 Å². The van der Waals surface area contributed by atoms with Crippen LogP contribution in [0.1, 0.15) is 38.5 Å². The van der Waals surface area contributed by atoms with Crippen LogP contribution in [0.4, 0.5) is 17.6 Å². The highest BCUT2D eigenvalue weighted by Crippen LogP contribution is 2.20. The molecule has 0 heterocycles. The minimum Gasteiger partial charge on any atom is -0.460 e. The van der Waals surface area contributed by atoms with Gasteiger partial charge in [0.1, 0.15) is 19.5 Å². The third-order valence-corrected chi connectivity index (χ3v) is 17.6. The number of unbranched alkanes of at least 4 members (excludes halogenated alkanes) is 2. The second-order valence-corrected chi connectivity index (χ2v) is 21.8. The molecule has 12 heteroatoms. The first-order valence-corrected chi connectivity index (χ1v) is 20.9. The molecule has 0 saturated carbocycles. The van der Waals surface area contributed by atoms with Crippen LogP contribution in [0.5, 0.6) is 0 Å². The maximum atomic E-state index is 12.0. The summed E-state index contributed by atoms with van der Waals surface area (Å²) in [6, 6.07) is 4.38. The molecular formula is C19H44F4O4Si4. The van der Waals surface area contributed by atoms with Crippen molar-refractivity contribution in [3.8, 4) is 0 Å². The molecule has 188 valence electrons. The molecule has 0 amide bonds. The summed E-state index contributed by atoms with van der Waals surface area (Å²) in [6.45, 7) is 8.77. The Morgan fingerprint density at radius 3 is 1.61 bits per heavy atom. The van der Waals surface area contributed by atoms with Crippen LogP contribution in [0.2, 0.25) is 50.4 Å². The molecule has 0 aliphatic rings. The average Bonchev–Trinajstić information content (AvgIpc) is 2.65. The molecule has 0 aromatic heterocycles. The van der Waals surface area contributed by atoms with E-state index >= 15 is 0 Å². The van der Waals surface area contributed by atoms with Crippen LogP contribution in [-0.4, -0.2) is 69.0 Å². The molecule has 0 fully saturated rings. The van der Waals surface area contributed by atoms with Crippen LogP contribution >= 0.6 is 0 Å². The van der Waals surface area contributed by atoms with Crippen LogP contribution in [0.15, 0.2) is 0 Å². The van der Waals surface area contributed by atoms with Gasteiger partial charge in [-0.05, 0) is 63.2 Å². The Morgan fingerprint density at radius 1 is 0.677 bits per heavy atom. The number of hydrogen-bond acceptors (Lipinski definition) is 4. The molecule has 0 N–H and O–H groups in total. The van der Waals surface area contributed by atoms with E-state index in [0.717, 1.165) is 24.9 Å². The van der Waals surface area contributed by atoms with Crippen LogP contribution < -0.4 is 0 Å². The Labute approximate surface area is 193 Å². The van der Waals surface area contributed by atoms with Gasteiger partial charge in [0.05, 0.1) is 13.0 Å². The Bertz CT molecular complexity index is 430. The number of halogens is 4. The maximum Gasteiger partial charge on any atom is 0.391 e.